The smallest absolute Gasteiger partial charge is 0.273 e. The van der Waals surface area contributed by atoms with Crippen molar-refractivity contribution in [2.75, 3.05) is 11.5 Å². The summed E-state index contributed by atoms with van der Waals surface area (Å²) < 4.78 is 28.1. The number of nitrogens with one attached hydrogen (secondary N) is 1. The third-order valence-corrected chi connectivity index (χ3v) is 5.87. The zero-order valence-corrected chi connectivity index (χ0v) is 13.8. The summed E-state index contributed by atoms with van der Waals surface area (Å²) in [6.07, 6.45) is 0.440. The summed E-state index contributed by atoms with van der Waals surface area (Å²) in [5, 5.41) is 6.48. The quantitative estimate of drug-likeness (QED) is 0.925. The Kier molecular flexibility index (Phi) is 3.97. The van der Waals surface area contributed by atoms with Crippen molar-refractivity contribution >= 4 is 15.7 Å². The zero-order valence-electron chi connectivity index (χ0n) is 13.0. The fourth-order valence-electron chi connectivity index (χ4n) is 2.58. The highest BCUT2D eigenvalue weighted by molar-refractivity contribution is 7.91. The van der Waals surface area contributed by atoms with Crippen LogP contribution in [0.5, 0.6) is 0 Å². The lowest BCUT2D eigenvalue weighted by Gasteiger charge is -2.08. The molecule has 1 aromatic carbocycles. The minimum Gasteiger partial charge on any atom is -0.355 e. The number of carbonyl (C=O) groups excluding carboxylic acids is 1. The van der Waals surface area contributed by atoms with E-state index in [0.29, 0.717) is 12.2 Å². The molecule has 2 heterocycles. The molecular weight excluding hydrogens is 316 g/mol. The second-order valence-corrected chi connectivity index (χ2v) is 8.18. The maximum atomic E-state index is 12.1. The van der Waals surface area contributed by atoms with E-state index in [2.05, 4.69) is 10.5 Å². The fourth-order valence-corrected chi connectivity index (χ4v) is 4.25. The van der Waals surface area contributed by atoms with Gasteiger partial charge in [-0.05, 0) is 37.5 Å². The van der Waals surface area contributed by atoms with Crippen LogP contribution in [0, 0.1) is 13.8 Å². The highest BCUT2D eigenvalue weighted by Crippen LogP contribution is 2.23. The number of hydrogen-bond acceptors (Lipinski definition) is 5. The van der Waals surface area contributed by atoms with E-state index in [1.54, 1.807) is 6.07 Å². The number of aryl methyl sites for hydroxylation is 2. The van der Waals surface area contributed by atoms with Crippen LogP contribution in [-0.4, -0.2) is 37.0 Å². The van der Waals surface area contributed by atoms with Crippen molar-refractivity contribution in [3.8, 4) is 11.3 Å². The molecule has 6 nitrogen and oxygen atoms in total. The van der Waals surface area contributed by atoms with Crippen LogP contribution in [0.3, 0.4) is 0 Å². The van der Waals surface area contributed by atoms with Crippen molar-refractivity contribution in [3.63, 3.8) is 0 Å². The molecular formula is C16H18N2O4S. The van der Waals surface area contributed by atoms with Gasteiger partial charge in [-0.15, -0.1) is 0 Å². The summed E-state index contributed by atoms with van der Waals surface area (Å²) in [6.45, 7) is 4.03. The molecule has 1 N–H and O–H groups in total. The number of amides is 1. The van der Waals surface area contributed by atoms with Gasteiger partial charge in [-0.2, -0.15) is 0 Å². The highest BCUT2D eigenvalue weighted by atomic mass is 32.2. The largest absolute Gasteiger partial charge is 0.355 e. The Hall–Kier alpha value is -2.15. The highest BCUT2D eigenvalue weighted by Gasteiger charge is 2.29. The molecule has 1 fully saturated rings. The van der Waals surface area contributed by atoms with Gasteiger partial charge in [0.1, 0.15) is 0 Å². The average molecular weight is 334 g/mol. The minimum absolute atomic E-state index is 0.0133. The summed E-state index contributed by atoms with van der Waals surface area (Å²) in [4.78, 5) is 12.1. The number of rotatable bonds is 3. The number of aromatic nitrogens is 1. The fraction of sp³-hybridized carbons (Fsp3) is 0.375. The predicted molar refractivity (Wildman–Crippen MR) is 85.9 cm³/mol. The molecule has 23 heavy (non-hydrogen) atoms. The van der Waals surface area contributed by atoms with E-state index >= 15 is 0 Å². The number of carbonyl (C=O) groups is 1. The van der Waals surface area contributed by atoms with Gasteiger partial charge in [-0.1, -0.05) is 17.3 Å². The van der Waals surface area contributed by atoms with Gasteiger partial charge in [0.05, 0.1) is 11.5 Å². The Bertz CT molecular complexity index is 855. The Labute approximate surface area is 134 Å². The van der Waals surface area contributed by atoms with Crippen molar-refractivity contribution in [3.05, 3.63) is 41.1 Å². The SMILES string of the molecule is Cc1ccc(-c2cc(C(=O)N[C@@H]3CCS(=O)(=O)C3)no2)cc1C. The molecule has 1 atom stereocenters. The molecule has 7 heteroatoms. The Morgan fingerprint density at radius 1 is 1.26 bits per heavy atom. The number of nitrogens with zero attached hydrogens (tertiary/aromatic N) is 1. The summed E-state index contributed by atoms with van der Waals surface area (Å²) >= 11 is 0. The summed E-state index contributed by atoms with van der Waals surface area (Å²) in [5.74, 6) is 0.203. The van der Waals surface area contributed by atoms with E-state index in [1.807, 2.05) is 32.0 Å². The van der Waals surface area contributed by atoms with E-state index in [0.717, 1.165) is 11.1 Å². The van der Waals surface area contributed by atoms with Crippen LogP contribution < -0.4 is 5.32 Å². The monoisotopic (exact) mass is 334 g/mol. The first kappa shape index (κ1) is 15.7. The van der Waals surface area contributed by atoms with Crippen molar-refractivity contribution < 1.29 is 17.7 Å². The van der Waals surface area contributed by atoms with Crippen LogP contribution in [-0.2, 0) is 9.84 Å². The van der Waals surface area contributed by atoms with Gasteiger partial charge in [-0.25, -0.2) is 8.42 Å². The number of sulfone groups is 1. The van der Waals surface area contributed by atoms with E-state index in [4.69, 9.17) is 4.52 Å². The average Bonchev–Trinajstić information content (AvgIpc) is 3.09. The second kappa shape index (κ2) is 5.81. The van der Waals surface area contributed by atoms with Gasteiger partial charge in [0.25, 0.3) is 5.91 Å². The molecule has 0 radical (unpaired) electrons. The van der Waals surface area contributed by atoms with Gasteiger partial charge in [0.2, 0.25) is 0 Å². The van der Waals surface area contributed by atoms with Crippen LogP contribution in [0.1, 0.15) is 28.0 Å². The lowest BCUT2D eigenvalue weighted by atomic mass is 10.0. The van der Waals surface area contributed by atoms with E-state index in [1.165, 1.54) is 5.56 Å². The molecule has 1 aliphatic heterocycles. The van der Waals surface area contributed by atoms with Gasteiger partial charge >= 0.3 is 0 Å². The maximum Gasteiger partial charge on any atom is 0.273 e. The molecule has 122 valence electrons. The first-order valence-electron chi connectivity index (χ1n) is 7.40. The molecule has 3 rings (SSSR count). The van der Waals surface area contributed by atoms with Crippen LogP contribution in [0.25, 0.3) is 11.3 Å². The van der Waals surface area contributed by atoms with Crippen LogP contribution in [0.2, 0.25) is 0 Å². The number of hydrogen-bond donors (Lipinski definition) is 1. The Morgan fingerprint density at radius 3 is 2.70 bits per heavy atom. The van der Waals surface area contributed by atoms with Crippen molar-refractivity contribution in [1.29, 1.82) is 0 Å². The van der Waals surface area contributed by atoms with Crippen LogP contribution in [0.4, 0.5) is 0 Å². The molecule has 1 aliphatic rings. The lowest BCUT2D eigenvalue weighted by Crippen LogP contribution is -2.35. The minimum atomic E-state index is -3.03. The molecule has 0 bridgehead atoms. The lowest BCUT2D eigenvalue weighted by molar-refractivity contribution is 0.0932. The standard InChI is InChI=1S/C16H18N2O4S/c1-10-3-4-12(7-11(10)2)15-8-14(18-22-15)16(19)17-13-5-6-23(20,21)9-13/h3-4,7-8,13H,5-6,9H2,1-2H3,(H,17,19)/t13-/m1/s1. The third kappa shape index (κ3) is 3.44. The first-order valence-corrected chi connectivity index (χ1v) is 9.22. The van der Waals surface area contributed by atoms with Crippen LogP contribution >= 0.6 is 0 Å². The van der Waals surface area contributed by atoms with E-state index < -0.39 is 15.7 Å². The normalized spacial score (nSPS) is 19.7. The molecule has 0 saturated carbocycles. The molecule has 1 saturated heterocycles. The molecule has 0 spiro atoms. The summed E-state index contributed by atoms with van der Waals surface area (Å²) in [6, 6.07) is 7.09. The van der Waals surface area contributed by atoms with Crippen LogP contribution in [0.15, 0.2) is 28.8 Å². The van der Waals surface area contributed by atoms with Gasteiger partial charge in [0.15, 0.2) is 21.3 Å². The Morgan fingerprint density at radius 2 is 2.04 bits per heavy atom. The number of benzene rings is 1. The van der Waals surface area contributed by atoms with Gasteiger partial charge in [0, 0.05) is 17.7 Å². The predicted octanol–water partition coefficient (Wildman–Crippen LogP) is 1.88. The summed E-state index contributed by atoms with van der Waals surface area (Å²) in [7, 11) is -3.03. The zero-order chi connectivity index (χ0) is 16.6. The van der Waals surface area contributed by atoms with E-state index in [-0.39, 0.29) is 23.2 Å². The van der Waals surface area contributed by atoms with Crippen molar-refractivity contribution in [2.24, 2.45) is 0 Å². The topological polar surface area (TPSA) is 89.3 Å². The molecule has 0 aliphatic carbocycles. The molecule has 1 aromatic heterocycles. The molecule has 1 amide bonds. The van der Waals surface area contributed by atoms with Gasteiger partial charge in [-0.3, -0.25) is 4.79 Å². The van der Waals surface area contributed by atoms with Gasteiger partial charge < -0.3 is 9.84 Å². The summed E-state index contributed by atoms with van der Waals surface area (Å²) in [5.41, 5.74) is 3.31. The van der Waals surface area contributed by atoms with E-state index in [9.17, 15) is 13.2 Å². The van der Waals surface area contributed by atoms with Crippen molar-refractivity contribution in [1.82, 2.24) is 10.5 Å². The Balaban J connectivity index is 1.73. The maximum absolute atomic E-state index is 12.1. The second-order valence-electron chi connectivity index (χ2n) is 5.95. The molecule has 2 aromatic rings. The van der Waals surface area contributed by atoms with Crippen molar-refractivity contribution in [2.45, 2.75) is 26.3 Å². The first-order chi connectivity index (χ1) is 10.8. The molecule has 0 unspecified atom stereocenters. The third-order valence-electron chi connectivity index (χ3n) is 4.10.